The first kappa shape index (κ1) is 12.9. The number of rotatable bonds is 5. The molecule has 0 aliphatic rings. The van der Waals surface area contributed by atoms with Gasteiger partial charge in [0.1, 0.15) is 5.75 Å². The van der Waals surface area contributed by atoms with Gasteiger partial charge in [-0.2, -0.15) is 0 Å². The number of nitrogen functional groups attached to an aromatic ring is 2. The summed E-state index contributed by atoms with van der Waals surface area (Å²) in [6.45, 7) is 1.92. The summed E-state index contributed by atoms with van der Waals surface area (Å²) in [4.78, 5) is 10.5. The molecule has 0 aromatic heterocycles. The minimum absolute atomic E-state index is 0.305. The fraction of sp³-hybridized carbons (Fsp3) is 0.250. The second-order valence-corrected chi connectivity index (χ2v) is 3.63. The normalized spacial score (nSPS) is 11.2. The van der Waals surface area contributed by atoms with Gasteiger partial charge in [-0.3, -0.25) is 0 Å². The first-order chi connectivity index (χ1) is 8.00. The Morgan fingerprint density at radius 2 is 2.18 bits per heavy atom. The van der Waals surface area contributed by atoms with Crippen molar-refractivity contribution in [1.29, 1.82) is 0 Å². The minimum atomic E-state index is -0.919. The maximum atomic E-state index is 10.5. The van der Waals surface area contributed by atoms with E-state index in [-0.39, 0.29) is 0 Å². The maximum absolute atomic E-state index is 10.5. The number of hydrogen-bond donors (Lipinski definition) is 3. The molecule has 1 rings (SSSR count). The highest BCUT2D eigenvalue weighted by Gasteiger charge is 2.01. The van der Waals surface area contributed by atoms with Crippen LogP contribution in [0.15, 0.2) is 29.8 Å². The smallest absolute Gasteiger partial charge is 0.330 e. The molecule has 0 fully saturated rings. The molecule has 5 N–H and O–H groups in total. The number of nitrogens with two attached hydrogens (primary N) is 2. The molecule has 0 aliphatic carbocycles. The largest absolute Gasteiger partial charge is 0.491 e. The number of carboxylic acid groups (broad SMARTS) is 1. The summed E-state index contributed by atoms with van der Waals surface area (Å²) in [5.41, 5.74) is 12.6. The van der Waals surface area contributed by atoms with Gasteiger partial charge in [-0.25, -0.2) is 4.79 Å². The van der Waals surface area contributed by atoms with Crippen LogP contribution in [-0.4, -0.2) is 17.7 Å². The molecule has 0 atom stereocenters. The van der Waals surface area contributed by atoms with Gasteiger partial charge in [0.15, 0.2) is 0 Å². The lowest BCUT2D eigenvalue weighted by Gasteiger charge is -2.08. The van der Waals surface area contributed by atoms with Crippen molar-refractivity contribution in [3.63, 3.8) is 0 Å². The number of carboxylic acids is 1. The Labute approximate surface area is 99.7 Å². The standard InChI is InChI=1S/C12H16N2O3/c1-8(12(15)16)3-2-6-17-11-5-4-9(13)7-10(11)14/h3-5,7H,2,6,13-14H2,1H3,(H,15,16). The van der Waals surface area contributed by atoms with E-state index in [1.165, 1.54) is 0 Å². The molecule has 92 valence electrons. The van der Waals surface area contributed by atoms with E-state index in [1.807, 2.05) is 0 Å². The van der Waals surface area contributed by atoms with E-state index in [0.717, 1.165) is 0 Å². The van der Waals surface area contributed by atoms with E-state index in [0.29, 0.717) is 35.7 Å². The quantitative estimate of drug-likeness (QED) is 0.410. The van der Waals surface area contributed by atoms with Crippen molar-refractivity contribution < 1.29 is 14.6 Å². The Hall–Kier alpha value is -2.17. The van der Waals surface area contributed by atoms with E-state index in [2.05, 4.69) is 0 Å². The van der Waals surface area contributed by atoms with Gasteiger partial charge in [-0.15, -0.1) is 0 Å². The Morgan fingerprint density at radius 3 is 2.76 bits per heavy atom. The van der Waals surface area contributed by atoms with Gasteiger partial charge >= 0.3 is 5.97 Å². The molecule has 0 bridgehead atoms. The van der Waals surface area contributed by atoms with Crippen LogP contribution in [0.3, 0.4) is 0 Å². The summed E-state index contributed by atoms with van der Waals surface area (Å²) in [6, 6.07) is 5.01. The molecule has 0 spiro atoms. The van der Waals surface area contributed by atoms with E-state index in [1.54, 1.807) is 31.2 Å². The predicted octanol–water partition coefficient (Wildman–Crippen LogP) is 1.65. The molecule has 5 heteroatoms. The minimum Gasteiger partial charge on any atom is -0.491 e. The van der Waals surface area contributed by atoms with Crippen molar-refractivity contribution >= 4 is 17.3 Å². The van der Waals surface area contributed by atoms with Crippen LogP contribution < -0.4 is 16.2 Å². The van der Waals surface area contributed by atoms with Gasteiger partial charge < -0.3 is 21.3 Å². The van der Waals surface area contributed by atoms with Gasteiger partial charge in [0.05, 0.1) is 12.3 Å². The molecule has 0 heterocycles. The number of anilines is 2. The van der Waals surface area contributed by atoms with Crippen LogP contribution in [0.2, 0.25) is 0 Å². The summed E-state index contributed by atoms with van der Waals surface area (Å²) in [7, 11) is 0. The van der Waals surface area contributed by atoms with Gasteiger partial charge in [0, 0.05) is 17.7 Å². The van der Waals surface area contributed by atoms with Crippen molar-refractivity contribution in [2.75, 3.05) is 18.1 Å². The Balaban J connectivity index is 2.46. The van der Waals surface area contributed by atoms with Gasteiger partial charge in [-0.1, -0.05) is 6.08 Å². The van der Waals surface area contributed by atoms with Crippen LogP contribution >= 0.6 is 0 Å². The van der Waals surface area contributed by atoms with Crippen LogP contribution in [0, 0.1) is 0 Å². The Kier molecular flexibility index (Phi) is 4.39. The van der Waals surface area contributed by atoms with Crippen molar-refractivity contribution in [3.05, 3.63) is 29.8 Å². The van der Waals surface area contributed by atoms with Crippen LogP contribution in [0.5, 0.6) is 5.75 Å². The zero-order chi connectivity index (χ0) is 12.8. The van der Waals surface area contributed by atoms with Crippen LogP contribution in [0.25, 0.3) is 0 Å². The first-order valence-corrected chi connectivity index (χ1v) is 5.18. The predicted molar refractivity (Wildman–Crippen MR) is 66.8 cm³/mol. The molecule has 0 saturated heterocycles. The van der Waals surface area contributed by atoms with E-state index in [4.69, 9.17) is 21.3 Å². The lowest BCUT2D eigenvalue weighted by molar-refractivity contribution is -0.132. The number of benzene rings is 1. The molecule has 1 aromatic rings. The average Bonchev–Trinajstić information content (AvgIpc) is 2.26. The second-order valence-electron chi connectivity index (χ2n) is 3.63. The molecule has 0 amide bonds. The molecule has 5 nitrogen and oxygen atoms in total. The molecule has 1 aromatic carbocycles. The van der Waals surface area contributed by atoms with E-state index < -0.39 is 5.97 Å². The number of aliphatic carboxylic acids is 1. The summed E-state index contributed by atoms with van der Waals surface area (Å²) < 4.78 is 5.40. The first-order valence-electron chi connectivity index (χ1n) is 5.18. The summed E-state index contributed by atoms with van der Waals surface area (Å²) in [6.07, 6.45) is 2.12. The zero-order valence-electron chi connectivity index (χ0n) is 9.64. The maximum Gasteiger partial charge on any atom is 0.330 e. The number of carbonyl (C=O) groups is 1. The van der Waals surface area contributed by atoms with Crippen molar-refractivity contribution in [2.24, 2.45) is 0 Å². The topological polar surface area (TPSA) is 98.6 Å². The lowest BCUT2D eigenvalue weighted by atomic mass is 10.2. The number of hydrogen-bond acceptors (Lipinski definition) is 4. The summed E-state index contributed by atoms with van der Waals surface area (Å²) in [5, 5.41) is 8.63. The average molecular weight is 236 g/mol. The molecular formula is C12H16N2O3. The molecule has 0 unspecified atom stereocenters. The highest BCUT2D eigenvalue weighted by Crippen LogP contribution is 2.23. The molecule has 0 saturated carbocycles. The summed E-state index contributed by atoms with van der Waals surface area (Å²) >= 11 is 0. The van der Waals surface area contributed by atoms with E-state index >= 15 is 0 Å². The van der Waals surface area contributed by atoms with Crippen molar-refractivity contribution in [1.82, 2.24) is 0 Å². The van der Waals surface area contributed by atoms with Gasteiger partial charge in [0.25, 0.3) is 0 Å². The third-order valence-electron chi connectivity index (χ3n) is 2.20. The van der Waals surface area contributed by atoms with E-state index in [9.17, 15) is 4.79 Å². The highest BCUT2D eigenvalue weighted by molar-refractivity contribution is 5.85. The molecule has 0 aliphatic heterocycles. The van der Waals surface area contributed by atoms with Crippen LogP contribution in [-0.2, 0) is 4.79 Å². The second kappa shape index (κ2) is 5.79. The fourth-order valence-corrected chi connectivity index (χ4v) is 1.23. The molecule has 0 radical (unpaired) electrons. The molecular weight excluding hydrogens is 220 g/mol. The number of ether oxygens (including phenoxy) is 1. The zero-order valence-corrected chi connectivity index (χ0v) is 9.64. The van der Waals surface area contributed by atoms with Gasteiger partial charge in [0.2, 0.25) is 0 Å². The Bertz CT molecular complexity index is 441. The van der Waals surface area contributed by atoms with Crippen molar-refractivity contribution in [2.45, 2.75) is 13.3 Å². The Morgan fingerprint density at radius 1 is 1.47 bits per heavy atom. The SMILES string of the molecule is CC(=CCCOc1ccc(N)cc1N)C(=O)O. The van der Waals surface area contributed by atoms with Crippen LogP contribution in [0.4, 0.5) is 11.4 Å². The lowest BCUT2D eigenvalue weighted by Crippen LogP contribution is -2.01. The monoisotopic (exact) mass is 236 g/mol. The third kappa shape index (κ3) is 4.06. The van der Waals surface area contributed by atoms with Gasteiger partial charge in [-0.05, 0) is 25.1 Å². The van der Waals surface area contributed by atoms with Crippen molar-refractivity contribution in [3.8, 4) is 5.75 Å². The molecule has 17 heavy (non-hydrogen) atoms. The summed E-state index contributed by atoms with van der Waals surface area (Å²) in [5.74, 6) is -0.363. The third-order valence-corrected chi connectivity index (χ3v) is 2.20. The highest BCUT2D eigenvalue weighted by atomic mass is 16.5. The fourth-order valence-electron chi connectivity index (χ4n) is 1.23. The van der Waals surface area contributed by atoms with Crippen LogP contribution in [0.1, 0.15) is 13.3 Å².